The number of hydrogen-bond acceptors (Lipinski definition) is 3. The summed E-state index contributed by atoms with van der Waals surface area (Å²) < 4.78 is 0. The zero-order valence-electron chi connectivity index (χ0n) is 12.3. The van der Waals surface area contributed by atoms with Gasteiger partial charge in [-0.1, -0.05) is 12.1 Å². The van der Waals surface area contributed by atoms with E-state index in [0.717, 1.165) is 23.7 Å². The van der Waals surface area contributed by atoms with Gasteiger partial charge in [-0.05, 0) is 18.9 Å². The van der Waals surface area contributed by atoms with Gasteiger partial charge in [-0.2, -0.15) is 5.10 Å². The van der Waals surface area contributed by atoms with Crippen molar-refractivity contribution in [3.63, 3.8) is 0 Å². The number of carbonyl (C=O) groups is 2. The zero-order chi connectivity index (χ0) is 15.1. The van der Waals surface area contributed by atoms with Gasteiger partial charge >= 0.3 is 0 Å². The Bertz CT molecular complexity index is 727. The van der Waals surface area contributed by atoms with Crippen LogP contribution in [0.15, 0.2) is 24.4 Å². The highest BCUT2D eigenvalue weighted by Crippen LogP contribution is 2.31. The molecule has 6 heteroatoms. The van der Waals surface area contributed by atoms with Gasteiger partial charge in [-0.3, -0.25) is 14.7 Å². The molecular weight excluding hydrogens is 280 g/mol. The van der Waals surface area contributed by atoms with Gasteiger partial charge in [0.05, 0.1) is 17.3 Å². The normalized spacial score (nSPS) is 18.7. The maximum absolute atomic E-state index is 12.7. The molecule has 22 heavy (non-hydrogen) atoms. The third-order valence-corrected chi connectivity index (χ3v) is 4.51. The molecule has 1 N–H and O–H groups in total. The number of aromatic nitrogens is 2. The average molecular weight is 298 g/mol. The van der Waals surface area contributed by atoms with Crippen molar-refractivity contribution in [3.8, 4) is 0 Å². The summed E-state index contributed by atoms with van der Waals surface area (Å²) in [5.74, 6) is 0.525. The molecule has 114 valence electrons. The Balaban J connectivity index is 1.48. The fourth-order valence-corrected chi connectivity index (χ4v) is 3.04. The van der Waals surface area contributed by atoms with Crippen LogP contribution in [0, 0.1) is 5.92 Å². The topological polar surface area (TPSA) is 69.3 Å². The largest absolute Gasteiger partial charge is 0.339 e. The summed E-state index contributed by atoms with van der Waals surface area (Å²) in [5, 5.41) is 7.84. The molecule has 1 aliphatic heterocycles. The Kier molecular flexibility index (Phi) is 3.10. The summed E-state index contributed by atoms with van der Waals surface area (Å²) in [6, 6.07) is 5.63. The van der Waals surface area contributed by atoms with Crippen LogP contribution < -0.4 is 0 Å². The van der Waals surface area contributed by atoms with E-state index in [2.05, 4.69) is 10.2 Å². The lowest BCUT2D eigenvalue weighted by atomic mass is 10.1. The van der Waals surface area contributed by atoms with Crippen LogP contribution >= 0.6 is 0 Å². The van der Waals surface area contributed by atoms with Gasteiger partial charge in [0.1, 0.15) is 0 Å². The van der Waals surface area contributed by atoms with Crippen molar-refractivity contribution in [1.29, 1.82) is 0 Å². The van der Waals surface area contributed by atoms with E-state index in [1.807, 2.05) is 28.0 Å². The maximum atomic E-state index is 12.7. The van der Waals surface area contributed by atoms with Gasteiger partial charge in [0.2, 0.25) is 5.91 Å². The Morgan fingerprint density at radius 1 is 1.09 bits per heavy atom. The van der Waals surface area contributed by atoms with Crippen LogP contribution in [0.25, 0.3) is 10.9 Å². The number of para-hydroxylation sites is 1. The predicted molar refractivity (Wildman–Crippen MR) is 81.3 cm³/mol. The second-order valence-corrected chi connectivity index (χ2v) is 6.03. The molecular formula is C16H18N4O2. The van der Waals surface area contributed by atoms with Crippen molar-refractivity contribution < 1.29 is 9.59 Å². The summed E-state index contributed by atoms with van der Waals surface area (Å²) >= 11 is 0. The van der Waals surface area contributed by atoms with Crippen LogP contribution in [0.3, 0.4) is 0 Å². The molecule has 1 aromatic carbocycles. The molecule has 0 spiro atoms. The van der Waals surface area contributed by atoms with Crippen molar-refractivity contribution in [2.24, 2.45) is 5.92 Å². The molecule has 0 unspecified atom stereocenters. The van der Waals surface area contributed by atoms with E-state index in [4.69, 9.17) is 0 Å². The molecule has 1 saturated carbocycles. The molecule has 0 atom stereocenters. The predicted octanol–water partition coefficient (Wildman–Crippen LogP) is 1.26. The second kappa shape index (κ2) is 5.12. The minimum atomic E-state index is 0.00775. The quantitative estimate of drug-likeness (QED) is 0.907. The Morgan fingerprint density at radius 2 is 1.82 bits per heavy atom. The summed E-state index contributed by atoms with van der Waals surface area (Å²) in [4.78, 5) is 28.5. The minimum absolute atomic E-state index is 0.00775. The van der Waals surface area contributed by atoms with Crippen molar-refractivity contribution in [2.75, 3.05) is 26.2 Å². The monoisotopic (exact) mass is 298 g/mol. The Hall–Kier alpha value is -2.37. The van der Waals surface area contributed by atoms with E-state index in [1.165, 1.54) is 0 Å². The molecule has 0 bridgehead atoms. The number of rotatable bonds is 2. The van der Waals surface area contributed by atoms with Gasteiger partial charge in [-0.15, -0.1) is 0 Å². The van der Waals surface area contributed by atoms with Crippen LogP contribution in [-0.2, 0) is 4.79 Å². The third-order valence-electron chi connectivity index (χ3n) is 4.51. The number of H-pyrrole nitrogens is 1. The first-order chi connectivity index (χ1) is 10.7. The smallest absolute Gasteiger partial charge is 0.256 e. The van der Waals surface area contributed by atoms with Gasteiger partial charge in [0, 0.05) is 37.5 Å². The molecule has 1 aromatic heterocycles. The zero-order valence-corrected chi connectivity index (χ0v) is 12.3. The molecule has 1 aliphatic carbocycles. The molecule has 6 nitrogen and oxygen atoms in total. The lowest BCUT2D eigenvalue weighted by Gasteiger charge is -2.35. The van der Waals surface area contributed by atoms with E-state index >= 15 is 0 Å². The molecule has 0 radical (unpaired) electrons. The van der Waals surface area contributed by atoms with Gasteiger partial charge < -0.3 is 9.80 Å². The molecule has 2 heterocycles. The van der Waals surface area contributed by atoms with Crippen molar-refractivity contribution >= 4 is 22.7 Å². The summed E-state index contributed by atoms with van der Waals surface area (Å²) in [6.07, 6.45) is 3.78. The molecule has 2 aromatic rings. The van der Waals surface area contributed by atoms with Gasteiger partial charge in [0.25, 0.3) is 5.91 Å². The standard InChI is InChI=1S/C16H18N4O2/c21-15(11-4-5-11)19-6-8-20(9-7-19)16(22)13-3-1-2-12-10-17-18-14(12)13/h1-3,10-11H,4-9H2,(H,17,18). The lowest BCUT2D eigenvalue weighted by molar-refractivity contribution is -0.134. The third kappa shape index (κ3) is 2.24. The number of nitrogens with one attached hydrogen (secondary N) is 1. The fraction of sp³-hybridized carbons (Fsp3) is 0.438. The highest BCUT2D eigenvalue weighted by molar-refractivity contribution is 6.05. The number of nitrogens with zero attached hydrogens (tertiary/aromatic N) is 3. The Labute approximate surface area is 128 Å². The van der Waals surface area contributed by atoms with Crippen LogP contribution in [0.5, 0.6) is 0 Å². The first-order valence-corrected chi connectivity index (χ1v) is 7.74. The second-order valence-electron chi connectivity index (χ2n) is 6.03. The maximum Gasteiger partial charge on any atom is 0.256 e. The van der Waals surface area contributed by atoms with Gasteiger partial charge in [-0.25, -0.2) is 0 Å². The number of aromatic amines is 1. The lowest BCUT2D eigenvalue weighted by Crippen LogP contribution is -2.51. The van der Waals surface area contributed by atoms with Crippen molar-refractivity contribution in [2.45, 2.75) is 12.8 Å². The van der Waals surface area contributed by atoms with E-state index < -0.39 is 0 Å². The number of carbonyl (C=O) groups excluding carboxylic acids is 2. The van der Waals surface area contributed by atoms with E-state index in [0.29, 0.717) is 31.7 Å². The van der Waals surface area contributed by atoms with Crippen LogP contribution in [0.4, 0.5) is 0 Å². The number of piperazine rings is 1. The molecule has 2 amide bonds. The highest BCUT2D eigenvalue weighted by atomic mass is 16.2. The van der Waals surface area contributed by atoms with Crippen molar-refractivity contribution in [1.82, 2.24) is 20.0 Å². The molecule has 1 saturated heterocycles. The van der Waals surface area contributed by atoms with E-state index in [1.54, 1.807) is 6.20 Å². The fourth-order valence-electron chi connectivity index (χ4n) is 3.04. The van der Waals surface area contributed by atoms with Crippen LogP contribution in [0.1, 0.15) is 23.2 Å². The van der Waals surface area contributed by atoms with Gasteiger partial charge in [0.15, 0.2) is 0 Å². The van der Waals surface area contributed by atoms with Crippen molar-refractivity contribution in [3.05, 3.63) is 30.0 Å². The SMILES string of the molecule is O=C(c1cccc2cn[nH]c12)N1CCN(C(=O)C2CC2)CC1. The molecule has 2 fully saturated rings. The highest BCUT2D eigenvalue weighted by Gasteiger charge is 2.35. The molecule has 2 aliphatic rings. The Morgan fingerprint density at radius 3 is 2.55 bits per heavy atom. The number of benzene rings is 1. The number of fused-ring (bicyclic) bond motifs is 1. The summed E-state index contributed by atoms with van der Waals surface area (Å²) in [7, 11) is 0. The first kappa shape index (κ1) is 13.3. The van der Waals surface area contributed by atoms with Crippen LogP contribution in [-0.4, -0.2) is 58.0 Å². The van der Waals surface area contributed by atoms with Crippen LogP contribution in [0.2, 0.25) is 0 Å². The molecule has 4 rings (SSSR count). The van der Waals surface area contributed by atoms with E-state index in [9.17, 15) is 9.59 Å². The first-order valence-electron chi connectivity index (χ1n) is 7.74. The summed E-state index contributed by atoms with van der Waals surface area (Å²) in [5.41, 5.74) is 1.43. The van der Waals surface area contributed by atoms with E-state index in [-0.39, 0.29) is 17.7 Å². The average Bonchev–Trinajstić information content (AvgIpc) is 3.30. The number of hydrogen-bond donors (Lipinski definition) is 1. The minimum Gasteiger partial charge on any atom is -0.339 e. The number of amides is 2. The summed E-state index contributed by atoms with van der Waals surface area (Å²) in [6.45, 7) is 2.48.